The van der Waals surface area contributed by atoms with Crippen LogP contribution in [0.5, 0.6) is 0 Å². The number of halogens is 3. The van der Waals surface area contributed by atoms with Gasteiger partial charge in [-0.2, -0.15) is 13.2 Å². The first kappa shape index (κ1) is 11.0. The molecule has 0 radical (unpaired) electrons. The van der Waals surface area contributed by atoms with E-state index in [1.165, 1.54) is 6.07 Å². The molecule has 2 N–H and O–H groups in total. The fourth-order valence-electron chi connectivity index (χ4n) is 1.31. The summed E-state index contributed by atoms with van der Waals surface area (Å²) in [5.74, 6) is 0. The van der Waals surface area contributed by atoms with Crippen molar-refractivity contribution in [3.05, 3.63) is 34.9 Å². The monoisotopic (exact) mass is 203 g/mol. The lowest BCUT2D eigenvalue weighted by atomic mass is 10.0. The second kappa shape index (κ2) is 4.00. The highest BCUT2D eigenvalue weighted by Gasteiger charge is 2.30. The summed E-state index contributed by atoms with van der Waals surface area (Å²) in [5, 5.41) is 0. The van der Waals surface area contributed by atoms with Crippen LogP contribution in [0.25, 0.3) is 0 Å². The minimum atomic E-state index is -4.26. The minimum Gasteiger partial charge on any atom is -0.330 e. The predicted octanol–water partition coefficient (Wildman–Crippen LogP) is 2.52. The van der Waals surface area contributed by atoms with Gasteiger partial charge in [0.2, 0.25) is 0 Å². The van der Waals surface area contributed by atoms with Crippen molar-refractivity contribution in [1.82, 2.24) is 0 Å². The fourth-order valence-corrected chi connectivity index (χ4v) is 1.31. The first-order valence-corrected chi connectivity index (χ1v) is 4.32. The molecule has 1 rings (SSSR count). The molecule has 0 fully saturated rings. The van der Waals surface area contributed by atoms with Gasteiger partial charge >= 0.3 is 6.18 Å². The average Bonchev–Trinajstić information content (AvgIpc) is 2.07. The number of aryl methyl sites for hydroxylation is 1. The van der Waals surface area contributed by atoms with Crippen LogP contribution in [0.15, 0.2) is 18.2 Å². The largest absolute Gasteiger partial charge is 0.416 e. The van der Waals surface area contributed by atoms with Crippen LogP contribution in [0.4, 0.5) is 13.2 Å². The first-order valence-electron chi connectivity index (χ1n) is 4.32. The van der Waals surface area contributed by atoms with Crippen LogP contribution in [0.1, 0.15) is 16.7 Å². The van der Waals surface area contributed by atoms with E-state index >= 15 is 0 Å². The Hall–Kier alpha value is -1.03. The van der Waals surface area contributed by atoms with E-state index in [0.717, 1.165) is 17.7 Å². The van der Waals surface area contributed by atoms with Gasteiger partial charge in [0, 0.05) is 0 Å². The van der Waals surface area contributed by atoms with Gasteiger partial charge in [-0.05, 0) is 43.1 Å². The van der Waals surface area contributed by atoms with Gasteiger partial charge in [-0.25, -0.2) is 0 Å². The molecule has 0 aliphatic rings. The van der Waals surface area contributed by atoms with Crippen LogP contribution < -0.4 is 5.73 Å². The molecule has 0 heterocycles. The molecule has 1 nitrogen and oxygen atoms in total. The standard InChI is InChI=1S/C10H12F3N/c1-7-6-9(10(11,12)13)3-2-8(7)4-5-14/h2-3,6H,4-5,14H2,1H3. The Kier molecular flexibility index (Phi) is 3.16. The van der Waals surface area contributed by atoms with Gasteiger partial charge in [-0.15, -0.1) is 0 Å². The van der Waals surface area contributed by atoms with Crippen LogP contribution in [0, 0.1) is 6.92 Å². The van der Waals surface area contributed by atoms with Crippen molar-refractivity contribution in [3.63, 3.8) is 0 Å². The third kappa shape index (κ3) is 2.48. The summed E-state index contributed by atoms with van der Waals surface area (Å²) in [7, 11) is 0. The molecule has 1 aromatic rings. The van der Waals surface area contributed by atoms with Crippen molar-refractivity contribution in [2.75, 3.05) is 6.54 Å². The van der Waals surface area contributed by atoms with E-state index in [4.69, 9.17) is 5.73 Å². The van der Waals surface area contributed by atoms with Crippen molar-refractivity contribution in [2.24, 2.45) is 5.73 Å². The predicted molar refractivity (Wildman–Crippen MR) is 48.9 cm³/mol. The van der Waals surface area contributed by atoms with Crippen molar-refractivity contribution in [2.45, 2.75) is 19.5 Å². The Morgan fingerprint density at radius 3 is 2.36 bits per heavy atom. The molecule has 0 amide bonds. The summed E-state index contributed by atoms with van der Waals surface area (Å²) in [6.07, 6.45) is -3.64. The molecule has 1 aromatic carbocycles. The van der Waals surface area contributed by atoms with Gasteiger partial charge in [-0.3, -0.25) is 0 Å². The summed E-state index contributed by atoms with van der Waals surface area (Å²) in [5.41, 5.74) is 6.25. The maximum absolute atomic E-state index is 12.3. The van der Waals surface area contributed by atoms with E-state index in [-0.39, 0.29) is 0 Å². The lowest BCUT2D eigenvalue weighted by molar-refractivity contribution is -0.137. The first-order chi connectivity index (χ1) is 6.45. The second-order valence-corrected chi connectivity index (χ2v) is 3.18. The van der Waals surface area contributed by atoms with Crippen LogP contribution >= 0.6 is 0 Å². The van der Waals surface area contributed by atoms with Crippen molar-refractivity contribution < 1.29 is 13.2 Å². The minimum absolute atomic E-state index is 0.451. The molecule has 0 saturated carbocycles. The van der Waals surface area contributed by atoms with Crippen molar-refractivity contribution in [1.29, 1.82) is 0 Å². The Balaban J connectivity index is 3.01. The zero-order valence-electron chi connectivity index (χ0n) is 7.86. The molecule has 0 aliphatic carbocycles. The quantitative estimate of drug-likeness (QED) is 0.785. The summed E-state index contributed by atoms with van der Waals surface area (Å²) < 4.78 is 36.8. The molecular weight excluding hydrogens is 191 g/mol. The topological polar surface area (TPSA) is 26.0 Å². The Morgan fingerprint density at radius 1 is 1.29 bits per heavy atom. The highest BCUT2D eigenvalue weighted by molar-refractivity contribution is 5.32. The van der Waals surface area contributed by atoms with Crippen molar-refractivity contribution in [3.8, 4) is 0 Å². The second-order valence-electron chi connectivity index (χ2n) is 3.18. The van der Waals surface area contributed by atoms with Gasteiger partial charge in [-0.1, -0.05) is 6.07 Å². The molecular formula is C10H12F3N. The lowest BCUT2D eigenvalue weighted by Gasteiger charge is -2.10. The number of benzene rings is 1. The zero-order chi connectivity index (χ0) is 10.8. The summed E-state index contributed by atoms with van der Waals surface area (Å²) in [6.45, 7) is 2.12. The van der Waals surface area contributed by atoms with E-state index in [1.54, 1.807) is 6.92 Å². The Labute approximate surface area is 80.7 Å². The third-order valence-electron chi connectivity index (χ3n) is 2.08. The third-order valence-corrected chi connectivity index (χ3v) is 2.08. The molecule has 78 valence electrons. The zero-order valence-corrected chi connectivity index (χ0v) is 7.86. The fraction of sp³-hybridized carbons (Fsp3) is 0.400. The van der Waals surface area contributed by atoms with Crippen LogP contribution in [0.3, 0.4) is 0 Å². The number of hydrogen-bond donors (Lipinski definition) is 1. The van der Waals surface area contributed by atoms with Gasteiger partial charge in [0.25, 0.3) is 0 Å². The Morgan fingerprint density at radius 2 is 1.93 bits per heavy atom. The molecule has 0 atom stereocenters. The summed E-state index contributed by atoms with van der Waals surface area (Å²) in [6, 6.07) is 3.74. The molecule has 0 saturated heterocycles. The summed E-state index contributed by atoms with van der Waals surface area (Å²) >= 11 is 0. The molecule has 4 heteroatoms. The van der Waals surface area contributed by atoms with E-state index in [0.29, 0.717) is 18.5 Å². The van der Waals surface area contributed by atoms with E-state index in [2.05, 4.69) is 0 Å². The van der Waals surface area contributed by atoms with E-state index < -0.39 is 11.7 Å². The SMILES string of the molecule is Cc1cc(C(F)(F)F)ccc1CCN. The average molecular weight is 203 g/mol. The Bertz CT molecular complexity index is 318. The van der Waals surface area contributed by atoms with Crippen LogP contribution in [0.2, 0.25) is 0 Å². The number of hydrogen-bond acceptors (Lipinski definition) is 1. The summed E-state index contributed by atoms with van der Waals surface area (Å²) in [4.78, 5) is 0. The molecule has 0 aromatic heterocycles. The molecule has 14 heavy (non-hydrogen) atoms. The van der Waals surface area contributed by atoms with Crippen LogP contribution in [-0.2, 0) is 12.6 Å². The number of alkyl halides is 3. The van der Waals surface area contributed by atoms with Crippen LogP contribution in [-0.4, -0.2) is 6.54 Å². The van der Waals surface area contributed by atoms with Gasteiger partial charge in [0.05, 0.1) is 5.56 Å². The normalized spacial score (nSPS) is 11.8. The van der Waals surface area contributed by atoms with Crippen molar-refractivity contribution >= 4 is 0 Å². The lowest BCUT2D eigenvalue weighted by Crippen LogP contribution is -2.08. The van der Waals surface area contributed by atoms with Gasteiger partial charge in [0.1, 0.15) is 0 Å². The highest BCUT2D eigenvalue weighted by Crippen LogP contribution is 2.30. The van der Waals surface area contributed by atoms with Gasteiger partial charge < -0.3 is 5.73 Å². The highest BCUT2D eigenvalue weighted by atomic mass is 19.4. The number of rotatable bonds is 2. The van der Waals surface area contributed by atoms with Gasteiger partial charge in [0.15, 0.2) is 0 Å². The number of nitrogens with two attached hydrogens (primary N) is 1. The smallest absolute Gasteiger partial charge is 0.330 e. The maximum Gasteiger partial charge on any atom is 0.416 e. The van der Waals surface area contributed by atoms with E-state index in [1.807, 2.05) is 0 Å². The van der Waals surface area contributed by atoms with E-state index in [9.17, 15) is 13.2 Å². The molecule has 0 spiro atoms. The molecule has 0 unspecified atom stereocenters. The maximum atomic E-state index is 12.3. The molecule has 0 bridgehead atoms. The molecule has 0 aliphatic heterocycles.